The molecule has 9 heteroatoms. The summed E-state index contributed by atoms with van der Waals surface area (Å²) in [6.07, 6.45) is 5.16. The third kappa shape index (κ3) is 4.22. The van der Waals surface area contributed by atoms with Crippen LogP contribution in [0.3, 0.4) is 0 Å². The summed E-state index contributed by atoms with van der Waals surface area (Å²) in [6, 6.07) is 4.21. The monoisotopic (exact) mass is 410 g/mol. The second kappa shape index (κ2) is 9.03. The number of halogens is 1. The summed E-state index contributed by atoms with van der Waals surface area (Å²) in [5.74, 6) is -1.09. The molecule has 0 saturated heterocycles. The van der Waals surface area contributed by atoms with Crippen LogP contribution in [0.1, 0.15) is 37.7 Å². The molecule has 1 aromatic carbocycles. The summed E-state index contributed by atoms with van der Waals surface area (Å²) < 4.78 is 14.9. The Bertz CT molecular complexity index is 1120. The van der Waals surface area contributed by atoms with E-state index in [1.165, 1.54) is 23.6 Å². The topological polar surface area (TPSA) is 124 Å². The number of aromatic nitrogens is 1. The van der Waals surface area contributed by atoms with Gasteiger partial charge in [0.2, 0.25) is 0 Å². The lowest BCUT2D eigenvalue weighted by Crippen LogP contribution is -2.40. The Hall–Kier alpha value is -3.95. The van der Waals surface area contributed by atoms with Gasteiger partial charge in [0.15, 0.2) is 0 Å². The second-order valence-corrected chi connectivity index (χ2v) is 6.46. The summed E-state index contributed by atoms with van der Waals surface area (Å²) >= 11 is 0. The number of terminal acetylenes is 1. The maximum absolute atomic E-state index is 13.5. The molecular formula is C21H19FN4O4. The van der Waals surface area contributed by atoms with Gasteiger partial charge in [-0.05, 0) is 37.6 Å². The number of nitrogens with zero attached hydrogens (tertiary/aromatic N) is 2. The second-order valence-electron chi connectivity index (χ2n) is 6.46. The highest BCUT2D eigenvalue weighted by molar-refractivity contribution is 6.43. The van der Waals surface area contributed by atoms with Crippen LogP contribution in [0.4, 0.5) is 10.1 Å². The van der Waals surface area contributed by atoms with Crippen molar-refractivity contribution in [2.75, 3.05) is 11.9 Å². The predicted molar refractivity (Wildman–Crippen MR) is 106 cm³/mol. The molecule has 2 amide bonds. The Morgan fingerprint density at radius 2 is 2.00 bits per heavy atom. The quantitative estimate of drug-likeness (QED) is 0.375. The summed E-state index contributed by atoms with van der Waals surface area (Å²) in [5.41, 5.74) is 0.744. The van der Waals surface area contributed by atoms with Crippen LogP contribution in [0.25, 0.3) is 0 Å². The van der Waals surface area contributed by atoms with Crippen LogP contribution in [-0.2, 0) is 11.8 Å². The van der Waals surface area contributed by atoms with Gasteiger partial charge in [-0.1, -0.05) is 5.92 Å². The minimum Gasteiger partial charge on any atom is -0.393 e. The molecule has 3 N–H and O–H groups in total. The van der Waals surface area contributed by atoms with E-state index in [2.05, 4.69) is 16.6 Å². The maximum Gasteiger partial charge on any atom is 0.293 e. The van der Waals surface area contributed by atoms with Crippen molar-refractivity contribution in [1.82, 2.24) is 9.88 Å². The molecule has 0 spiro atoms. The van der Waals surface area contributed by atoms with Crippen molar-refractivity contribution in [1.29, 1.82) is 5.26 Å². The number of nitrogens with one attached hydrogen (secondary N) is 2. The Kier molecular flexibility index (Phi) is 6.73. The van der Waals surface area contributed by atoms with Crippen LogP contribution in [0, 0.1) is 43.3 Å². The summed E-state index contributed by atoms with van der Waals surface area (Å²) in [6.45, 7) is 2.55. The lowest BCUT2D eigenvalue weighted by molar-refractivity contribution is -0.117. The standard InChI is InChI=1S/C21H19FN4O4/c1-5-14(10-27)24-21(30)19(28)17-11(2)18(26(4)12(17)3)20(29)25-15-6-7-16(22)13(8-15)9-23/h1,6-8,14,27H,10H2,2-4H3,(H,24,30)(H,25,29). The number of carbonyl (C=O) groups excluding carboxylic acids is 3. The fourth-order valence-corrected chi connectivity index (χ4v) is 2.99. The Labute approximate surface area is 172 Å². The van der Waals surface area contributed by atoms with Crippen molar-refractivity contribution < 1.29 is 23.9 Å². The molecule has 0 bridgehead atoms. The van der Waals surface area contributed by atoms with Crippen molar-refractivity contribution in [3.05, 3.63) is 52.1 Å². The van der Waals surface area contributed by atoms with Gasteiger partial charge in [-0.15, -0.1) is 6.42 Å². The van der Waals surface area contributed by atoms with Crippen LogP contribution >= 0.6 is 0 Å². The van der Waals surface area contributed by atoms with Crippen LogP contribution in [-0.4, -0.2) is 39.9 Å². The molecular weight excluding hydrogens is 391 g/mol. The smallest absolute Gasteiger partial charge is 0.293 e. The molecule has 30 heavy (non-hydrogen) atoms. The summed E-state index contributed by atoms with van der Waals surface area (Å²) in [5, 5.41) is 22.8. The maximum atomic E-state index is 13.5. The molecule has 0 fully saturated rings. The molecule has 0 aliphatic carbocycles. The third-order valence-corrected chi connectivity index (χ3v) is 4.61. The number of benzene rings is 1. The lowest BCUT2D eigenvalue weighted by atomic mass is 10.0. The first-order valence-electron chi connectivity index (χ1n) is 8.75. The molecule has 2 aromatic rings. The third-order valence-electron chi connectivity index (χ3n) is 4.61. The average Bonchev–Trinajstić information content (AvgIpc) is 2.95. The molecule has 0 aliphatic heterocycles. The van der Waals surface area contributed by atoms with Crippen LogP contribution in [0.2, 0.25) is 0 Å². The van der Waals surface area contributed by atoms with Crippen molar-refractivity contribution in [2.24, 2.45) is 7.05 Å². The number of hydrogen-bond donors (Lipinski definition) is 3. The SMILES string of the molecule is C#CC(CO)NC(=O)C(=O)c1c(C)c(C(=O)Nc2ccc(F)c(C#N)c2)n(C)c1C. The fourth-order valence-electron chi connectivity index (χ4n) is 2.99. The van der Waals surface area contributed by atoms with E-state index < -0.39 is 36.1 Å². The largest absolute Gasteiger partial charge is 0.393 e. The number of hydrogen-bond acceptors (Lipinski definition) is 5. The van der Waals surface area contributed by atoms with Gasteiger partial charge in [-0.3, -0.25) is 14.4 Å². The average molecular weight is 410 g/mol. The van der Waals surface area contributed by atoms with E-state index in [1.54, 1.807) is 20.0 Å². The first-order chi connectivity index (χ1) is 14.2. The summed E-state index contributed by atoms with van der Waals surface area (Å²) in [7, 11) is 1.55. The van der Waals surface area contributed by atoms with E-state index in [0.717, 1.165) is 6.07 Å². The Morgan fingerprint density at radius 3 is 2.57 bits per heavy atom. The highest BCUT2D eigenvalue weighted by atomic mass is 19.1. The van der Waals surface area contributed by atoms with E-state index in [-0.39, 0.29) is 28.1 Å². The number of aliphatic hydroxyl groups excluding tert-OH is 1. The van der Waals surface area contributed by atoms with Crippen LogP contribution in [0.15, 0.2) is 18.2 Å². The van der Waals surface area contributed by atoms with Gasteiger partial charge in [0.25, 0.3) is 17.6 Å². The number of ketones is 1. The normalized spacial score (nSPS) is 11.2. The number of nitriles is 1. The van der Waals surface area contributed by atoms with E-state index in [4.69, 9.17) is 16.8 Å². The molecule has 0 aliphatic rings. The molecule has 1 unspecified atom stereocenters. The Balaban J connectivity index is 2.37. The van der Waals surface area contributed by atoms with Crippen molar-refractivity contribution in [3.63, 3.8) is 0 Å². The van der Waals surface area contributed by atoms with E-state index in [1.807, 2.05) is 0 Å². The van der Waals surface area contributed by atoms with Crippen molar-refractivity contribution in [3.8, 4) is 18.4 Å². The van der Waals surface area contributed by atoms with E-state index >= 15 is 0 Å². The van der Waals surface area contributed by atoms with Gasteiger partial charge < -0.3 is 20.3 Å². The van der Waals surface area contributed by atoms with Gasteiger partial charge in [0.05, 0.1) is 17.7 Å². The zero-order valence-electron chi connectivity index (χ0n) is 16.5. The van der Waals surface area contributed by atoms with Gasteiger partial charge >= 0.3 is 0 Å². The lowest BCUT2D eigenvalue weighted by Gasteiger charge is -2.09. The van der Waals surface area contributed by atoms with Gasteiger partial charge in [0, 0.05) is 18.4 Å². The minimum absolute atomic E-state index is 0.0330. The van der Waals surface area contributed by atoms with Gasteiger partial charge in [-0.2, -0.15) is 5.26 Å². The number of aliphatic hydroxyl groups is 1. The molecule has 1 atom stereocenters. The van der Waals surface area contributed by atoms with Crippen LogP contribution in [0.5, 0.6) is 0 Å². The minimum atomic E-state index is -1.01. The zero-order valence-corrected chi connectivity index (χ0v) is 16.5. The molecule has 1 heterocycles. The fraction of sp³-hybridized carbons (Fsp3) is 0.238. The number of anilines is 1. The van der Waals surface area contributed by atoms with E-state index in [0.29, 0.717) is 5.69 Å². The van der Waals surface area contributed by atoms with E-state index in [9.17, 15) is 18.8 Å². The highest BCUT2D eigenvalue weighted by Crippen LogP contribution is 2.23. The number of amides is 2. The van der Waals surface area contributed by atoms with Crippen LogP contribution < -0.4 is 10.6 Å². The molecule has 8 nitrogen and oxygen atoms in total. The number of carbonyl (C=O) groups is 3. The molecule has 2 rings (SSSR count). The van der Waals surface area contributed by atoms with Crippen molar-refractivity contribution >= 4 is 23.3 Å². The number of rotatable bonds is 6. The van der Waals surface area contributed by atoms with Gasteiger partial charge in [-0.25, -0.2) is 4.39 Å². The highest BCUT2D eigenvalue weighted by Gasteiger charge is 2.29. The van der Waals surface area contributed by atoms with Crippen molar-refractivity contribution in [2.45, 2.75) is 19.9 Å². The van der Waals surface area contributed by atoms with Gasteiger partial charge in [0.1, 0.15) is 23.6 Å². The molecule has 154 valence electrons. The summed E-state index contributed by atoms with van der Waals surface area (Å²) in [4.78, 5) is 37.6. The molecule has 0 saturated carbocycles. The zero-order chi connectivity index (χ0) is 22.6. The number of Topliss-reactive ketones (excluding diaryl/α,β-unsaturated/α-hetero) is 1. The molecule has 1 aromatic heterocycles. The first-order valence-corrected chi connectivity index (χ1v) is 8.75. The molecule has 0 radical (unpaired) electrons. The first kappa shape index (κ1) is 22.3. The Morgan fingerprint density at radius 1 is 1.33 bits per heavy atom. The predicted octanol–water partition coefficient (Wildman–Crippen LogP) is 1.20.